The van der Waals surface area contributed by atoms with E-state index in [1.165, 1.54) is 35.1 Å². The highest BCUT2D eigenvalue weighted by Crippen LogP contribution is 2.25. The molecule has 0 unspecified atom stereocenters. The third-order valence-corrected chi connectivity index (χ3v) is 6.30. The molecule has 4 aromatic rings. The molecule has 0 aliphatic carbocycles. The first-order valence-corrected chi connectivity index (χ1v) is 11.5. The van der Waals surface area contributed by atoms with Crippen LogP contribution in [-0.4, -0.2) is 39.3 Å². The number of ether oxygens (including phenoxy) is 1. The van der Waals surface area contributed by atoms with Crippen LogP contribution in [0.15, 0.2) is 63.9 Å². The molecule has 4 rings (SSSR count). The number of hydrogen-bond donors (Lipinski definition) is 1. The molecule has 2 aromatic heterocycles. The number of benzene rings is 2. The molecule has 0 fully saturated rings. The molecule has 168 valence electrons. The van der Waals surface area contributed by atoms with E-state index in [1.54, 1.807) is 41.8 Å². The van der Waals surface area contributed by atoms with Gasteiger partial charge in [-0.05, 0) is 36.4 Å². The fourth-order valence-corrected chi connectivity index (χ4v) is 4.50. The molecule has 0 bridgehead atoms. The number of nitrogens with one attached hydrogen (secondary N) is 1. The van der Waals surface area contributed by atoms with E-state index >= 15 is 0 Å². The average Bonchev–Trinajstić information content (AvgIpc) is 3.28. The van der Waals surface area contributed by atoms with Gasteiger partial charge in [0.15, 0.2) is 10.3 Å². The Labute approximate surface area is 195 Å². The number of amides is 1. The van der Waals surface area contributed by atoms with Crippen molar-refractivity contribution in [1.82, 2.24) is 14.5 Å². The standard InChI is InChI=1S/C22H17FN4O4S2/c1-31-19(29)10-27-20(30)15-4-2-3-5-16(15)25-22(27)33-12-18(28)26-21-24-17(11-32-21)13-6-8-14(23)9-7-13/h2-9,11H,10,12H2,1H3,(H,24,26,28). The van der Waals surface area contributed by atoms with Crippen molar-refractivity contribution in [3.63, 3.8) is 0 Å². The number of esters is 1. The maximum Gasteiger partial charge on any atom is 0.325 e. The number of nitrogens with zero attached hydrogens (tertiary/aromatic N) is 3. The third kappa shape index (κ3) is 5.26. The maximum atomic E-state index is 13.1. The fourth-order valence-electron chi connectivity index (χ4n) is 2.96. The number of hydrogen-bond acceptors (Lipinski definition) is 8. The number of thiazole rings is 1. The molecule has 2 aromatic carbocycles. The largest absolute Gasteiger partial charge is 0.468 e. The van der Waals surface area contributed by atoms with E-state index in [0.29, 0.717) is 21.7 Å². The molecule has 0 radical (unpaired) electrons. The van der Waals surface area contributed by atoms with Crippen molar-refractivity contribution in [2.75, 3.05) is 18.2 Å². The Bertz CT molecular complexity index is 1390. The highest BCUT2D eigenvalue weighted by atomic mass is 32.2. The summed E-state index contributed by atoms with van der Waals surface area (Å²) in [5, 5.41) is 5.44. The molecule has 1 amide bonds. The Morgan fingerprint density at radius 2 is 1.91 bits per heavy atom. The summed E-state index contributed by atoms with van der Waals surface area (Å²) in [7, 11) is 1.23. The molecule has 11 heteroatoms. The lowest BCUT2D eigenvalue weighted by Gasteiger charge is -2.11. The van der Waals surface area contributed by atoms with Crippen molar-refractivity contribution in [3.8, 4) is 11.3 Å². The van der Waals surface area contributed by atoms with Gasteiger partial charge in [-0.2, -0.15) is 0 Å². The van der Waals surface area contributed by atoms with Crippen LogP contribution in [0.5, 0.6) is 0 Å². The van der Waals surface area contributed by atoms with Gasteiger partial charge in [0.05, 0.1) is 29.5 Å². The average molecular weight is 485 g/mol. The summed E-state index contributed by atoms with van der Waals surface area (Å²) in [5.41, 5.74) is 1.42. The normalized spacial score (nSPS) is 10.8. The summed E-state index contributed by atoms with van der Waals surface area (Å²) in [6.45, 7) is -0.315. The lowest BCUT2D eigenvalue weighted by atomic mass is 10.2. The summed E-state index contributed by atoms with van der Waals surface area (Å²) in [4.78, 5) is 46.0. The van der Waals surface area contributed by atoms with E-state index in [9.17, 15) is 18.8 Å². The molecular weight excluding hydrogens is 467 g/mol. The van der Waals surface area contributed by atoms with E-state index in [-0.39, 0.29) is 29.2 Å². The van der Waals surface area contributed by atoms with Crippen LogP contribution in [0.3, 0.4) is 0 Å². The van der Waals surface area contributed by atoms with E-state index in [0.717, 1.165) is 17.3 Å². The van der Waals surface area contributed by atoms with E-state index in [4.69, 9.17) is 0 Å². The minimum Gasteiger partial charge on any atom is -0.468 e. The van der Waals surface area contributed by atoms with Crippen LogP contribution in [-0.2, 0) is 20.9 Å². The molecule has 0 saturated heterocycles. The molecular formula is C22H17FN4O4S2. The number of fused-ring (bicyclic) bond motifs is 1. The maximum absolute atomic E-state index is 13.1. The molecule has 33 heavy (non-hydrogen) atoms. The monoisotopic (exact) mass is 484 g/mol. The van der Waals surface area contributed by atoms with Crippen LogP contribution in [0.4, 0.5) is 9.52 Å². The SMILES string of the molecule is COC(=O)Cn1c(SCC(=O)Nc2nc(-c3ccc(F)cc3)cs2)nc2ccccc2c1=O. The molecule has 1 N–H and O–H groups in total. The number of anilines is 1. The van der Waals surface area contributed by atoms with Gasteiger partial charge in [-0.1, -0.05) is 23.9 Å². The second-order valence-electron chi connectivity index (χ2n) is 6.76. The van der Waals surface area contributed by atoms with E-state index in [2.05, 4.69) is 20.0 Å². The number of methoxy groups -OCH3 is 1. The predicted molar refractivity (Wildman–Crippen MR) is 125 cm³/mol. The number of carbonyl (C=O) groups is 2. The number of carbonyl (C=O) groups excluding carboxylic acids is 2. The van der Waals surface area contributed by atoms with Crippen LogP contribution in [0.25, 0.3) is 22.2 Å². The van der Waals surface area contributed by atoms with Gasteiger partial charge in [-0.15, -0.1) is 11.3 Å². The van der Waals surface area contributed by atoms with Crippen LogP contribution < -0.4 is 10.9 Å². The van der Waals surface area contributed by atoms with E-state index < -0.39 is 11.5 Å². The first-order valence-electron chi connectivity index (χ1n) is 9.65. The van der Waals surface area contributed by atoms with E-state index in [1.807, 2.05) is 0 Å². The number of thioether (sulfide) groups is 1. The Balaban J connectivity index is 1.49. The van der Waals surface area contributed by atoms with Gasteiger partial charge in [0.25, 0.3) is 5.56 Å². The van der Waals surface area contributed by atoms with Gasteiger partial charge >= 0.3 is 5.97 Å². The Kier molecular flexibility index (Phi) is 6.80. The molecule has 2 heterocycles. The van der Waals surface area contributed by atoms with Crippen LogP contribution in [0.1, 0.15) is 0 Å². The fraction of sp³-hybridized carbons (Fsp3) is 0.136. The van der Waals surface area contributed by atoms with Crippen molar-refractivity contribution >= 4 is 51.0 Å². The number of para-hydroxylation sites is 1. The first-order chi connectivity index (χ1) is 15.9. The second kappa shape index (κ2) is 9.92. The van der Waals surface area contributed by atoms with Crippen molar-refractivity contribution in [2.24, 2.45) is 0 Å². The smallest absolute Gasteiger partial charge is 0.325 e. The molecule has 0 atom stereocenters. The van der Waals surface area contributed by atoms with Crippen molar-refractivity contribution in [3.05, 3.63) is 70.1 Å². The van der Waals surface area contributed by atoms with Gasteiger partial charge in [0.1, 0.15) is 12.4 Å². The van der Waals surface area contributed by atoms with Gasteiger partial charge in [-0.3, -0.25) is 19.0 Å². The molecule has 0 saturated carbocycles. The second-order valence-corrected chi connectivity index (χ2v) is 8.56. The van der Waals surface area contributed by atoms with Crippen LogP contribution in [0.2, 0.25) is 0 Å². The number of rotatable bonds is 7. The lowest BCUT2D eigenvalue weighted by molar-refractivity contribution is -0.141. The van der Waals surface area contributed by atoms with Gasteiger partial charge in [-0.25, -0.2) is 14.4 Å². The van der Waals surface area contributed by atoms with Crippen molar-refractivity contribution in [2.45, 2.75) is 11.7 Å². The van der Waals surface area contributed by atoms with Crippen molar-refractivity contribution < 1.29 is 18.7 Å². The van der Waals surface area contributed by atoms with Gasteiger partial charge < -0.3 is 10.1 Å². The predicted octanol–water partition coefficient (Wildman–Crippen LogP) is 3.56. The summed E-state index contributed by atoms with van der Waals surface area (Å²) >= 11 is 2.27. The topological polar surface area (TPSA) is 103 Å². The van der Waals surface area contributed by atoms with Crippen LogP contribution in [0, 0.1) is 5.82 Å². The zero-order valence-corrected chi connectivity index (χ0v) is 18.9. The van der Waals surface area contributed by atoms with Crippen LogP contribution >= 0.6 is 23.1 Å². The molecule has 0 spiro atoms. The summed E-state index contributed by atoms with van der Waals surface area (Å²) < 4.78 is 19.0. The Morgan fingerprint density at radius 1 is 1.15 bits per heavy atom. The number of halogens is 1. The molecule has 0 aliphatic rings. The highest BCUT2D eigenvalue weighted by molar-refractivity contribution is 7.99. The Hall–Kier alpha value is -3.57. The third-order valence-electron chi connectivity index (χ3n) is 4.56. The molecule has 0 aliphatic heterocycles. The summed E-state index contributed by atoms with van der Waals surface area (Å²) in [6.07, 6.45) is 0. The minimum absolute atomic E-state index is 0.0581. The van der Waals surface area contributed by atoms with Gasteiger partial charge in [0.2, 0.25) is 5.91 Å². The zero-order valence-electron chi connectivity index (χ0n) is 17.3. The highest BCUT2D eigenvalue weighted by Gasteiger charge is 2.16. The van der Waals surface area contributed by atoms with Crippen molar-refractivity contribution in [1.29, 1.82) is 0 Å². The Morgan fingerprint density at radius 3 is 2.67 bits per heavy atom. The quantitative estimate of drug-likeness (QED) is 0.243. The number of aromatic nitrogens is 3. The zero-order chi connectivity index (χ0) is 23.4. The summed E-state index contributed by atoms with van der Waals surface area (Å²) in [6, 6.07) is 12.7. The lowest BCUT2D eigenvalue weighted by Crippen LogP contribution is -2.28. The minimum atomic E-state index is -0.600. The molecule has 8 nitrogen and oxygen atoms in total. The first kappa shape index (κ1) is 22.6. The van der Waals surface area contributed by atoms with Gasteiger partial charge in [0, 0.05) is 10.9 Å². The summed E-state index contributed by atoms with van der Waals surface area (Å²) in [5.74, 6) is -1.35.